The zero-order valence-electron chi connectivity index (χ0n) is 19.3. The minimum absolute atomic E-state index is 0.0855. The van der Waals surface area contributed by atoms with Crippen LogP contribution >= 0.6 is 0 Å². The van der Waals surface area contributed by atoms with Crippen LogP contribution in [0, 0.1) is 20.8 Å². The maximum Gasteiger partial charge on any atom is 0.243 e. The summed E-state index contributed by atoms with van der Waals surface area (Å²) in [5.41, 5.74) is 3.50. The molecule has 1 aliphatic rings. The van der Waals surface area contributed by atoms with Crippen molar-refractivity contribution in [3.63, 3.8) is 0 Å². The quantitative estimate of drug-likeness (QED) is 0.610. The van der Waals surface area contributed by atoms with Gasteiger partial charge >= 0.3 is 0 Å². The summed E-state index contributed by atoms with van der Waals surface area (Å²) in [6.45, 7) is 12.1. The van der Waals surface area contributed by atoms with Gasteiger partial charge in [-0.3, -0.25) is 9.69 Å². The Labute approximate surface area is 185 Å². The first-order chi connectivity index (χ1) is 14.6. The number of aromatic nitrogens is 1. The summed E-state index contributed by atoms with van der Waals surface area (Å²) in [6.07, 6.45) is 0. The van der Waals surface area contributed by atoms with E-state index >= 15 is 0 Å². The zero-order chi connectivity index (χ0) is 22.9. The summed E-state index contributed by atoms with van der Waals surface area (Å²) in [4.78, 5) is 15.3. The van der Waals surface area contributed by atoms with E-state index in [4.69, 9.17) is 4.74 Å². The molecule has 0 N–H and O–H groups in total. The smallest absolute Gasteiger partial charge is 0.243 e. The van der Waals surface area contributed by atoms with Gasteiger partial charge in [-0.25, -0.2) is 8.42 Å². The molecule has 0 saturated carbocycles. The predicted octanol–water partition coefficient (Wildman–Crippen LogP) is 3.19. The molecular formula is C23H33N3O4S. The monoisotopic (exact) mass is 447 g/mol. The number of ether oxygens (including phenoxy) is 1. The molecule has 2 aromatic rings. The maximum absolute atomic E-state index is 13.1. The van der Waals surface area contributed by atoms with E-state index in [2.05, 4.69) is 18.4 Å². The Bertz CT molecular complexity index is 1060. The van der Waals surface area contributed by atoms with Gasteiger partial charge in [0, 0.05) is 49.2 Å². The van der Waals surface area contributed by atoms with Gasteiger partial charge in [-0.2, -0.15) is 4.31 Å². The molecule has 0 bridgehead atoms. The third-order valence-electron chi connectivity index (χ3n) is 6.00. The number of sulfonamides is 1. The van der Waals surface area contributed by atoms with Crippen molar-refractivity contribution in [2.75, 3.05) is 39.8 Å². The summed E-state index contributed by atoms with van der Waals surface area (Å²) >= 11 is 0. The van der Waals surface area contributed by atoms with Crippen LogP contribution in [0.25, 0.3) is 0 Å². The Hall–Kier alpha value is -2.16. The maximum atomic E-state index is 13.1. The van der Waals surface area contributed by atoms with E-state index in [0.717, 1.165) is 17.0 Å². The number of rotatable bonds is 7. The van der Waals surface area contributed by atoms with Crippen molar-refractivity contribution in [1.29, 1.82) is 0 Å². The van der Waals surface area contributed by atoms with E-state index in [1.807, 2.05) is 24.8 Å². The molecular weight excluding hydrogens is 414 g/mol. The van der Waals surface area contributed by atoms with Gasteiger partial charge < -0.3 is 9.30 Å². The molecule has 7 nitrogen and oxygen atoms in total. The molecule has 0 spiro atoms. The van der Waals surface area contributed by atoms with Gasteiger partial charge in [0.25, 0.3) is 0 Å². The average molecular weight is 448 g/mol. The normalized spacial score (nSPS) is 16.1. The van der Waals surface area contributed by atoms with Crippen molar-refractivity contribution in [2.45, 2.75) is 45.6 Å². The van der Waals surface area contributed by atoms with E-state index in [1.54, 1.807) is 32.2 Å². The number of hydrogen-bond donors (Lipinski definition) is 0. The van der Waals surface area contributed by atoms with Gasteiger partial charge in [0.05, 0.1) is 18.6 Å². The molecule has 2 heterocycles. The summed E-state index contributed by atoms with van der Waals surface area (Å²) in [6, 6.07) is 7.27. The number of Topliss-reactive ketones (excluding diaryl/α,β-unsaturated/α-hetero) is 1. The van der Waals surface area contributed by atoms with Crippen molar-refractivity contribution in [2.24, 2.45) is 0 Å². The lowest BCUT2D eigenvalue weighted by Gasteiger charge is -2.33. The molecule has 0 aliphatic carbocycles. The Morgan fingerprint density at radius 2 is 1.71 bits per heavy atom. The largest absolute Gasteiger partial charge is 0.497 e. The second-order valence-corrected chi connectivity index (χ2v) is 10.4. The number of nitrogens with zero attached hydrogens (tertiary/aromatic N) is 3. The molecule has 1 saturated heterocycles. The van der Waals surface area contributed by atoms with Crippen LogP contribution in [0.3, 0.4) is 0 Å². The van der Waals surface area contributed by atoms with Gasteiger partial charge in [-0.1, -0.05) is 0 Å². The molecule has 31 heavy (non-hydrogen) atoms. The van der Waals surface area contributed by atoms with Gasteiger partial charge in [0.15, 0.2) is 5.78 Å². The summed E-state index contributed by atoms with van der Waals surface area (Å²) in [5, 5.41) is 0. The second-order valence-electron chi connectivity index (χ2n) is 8.48. The molecule has 0 atom stereocenters. The lowest BCUT2D eigenvalue weighted by molar-refractivity contribution is 0.0901. The Balaban J connectivity index is 1.66. The van der Waals surface area contributed by atoms with Gasteiger partial charge in [-0.05, 0) is 64.4 Å². The van der Waals surface area contributed by atoms with Crippen LogP contribution < -0.4 is 4.74 Å². The third-order valence-corrected chi connectivity index (χ3v) is 8.06. The molecule has 1 fully saturated rings. The van der Waals surface area contributed by atoms with E-state index in [-0.39, 0.29) is 5.78 Å². The third kappa shape index (κ3) is 4.71. The number of methoxy groups -OCH3 is 1. The first-order valence-electron chi connectivity index (χ1n) is 10.6. The number of piperazine rings is 1. The SMILES string of the molecule is COc1ccc(S(=O)(=O)N2CCN(CC(=O)c3cc(C)n(C(C)C)c3C)CC2)c(C)c1. The Kier molecular flexibility index (Phi) is 6.93. The first kappa shape index (κ1) is 23.5. The number of carbonyl (C=O) groups excluding carboxylic acids is 1. The highest BCUT2D eigenvalue weighted by atomic mass is 32.2. The first-order valence-corrected chi connectivity index (χ1v) is 12.1. The Morgan fingerprint density at radius 1 is 1.06 bits per heavy atom. The zero-order valence-corrected chi connectivity index (χ0v) is 20.1. The molecule has 170 valence electrons. The van der Waals surface area contributed by atoms with Crippen LogP contribution in [0.5, 0.6) is 5.75 Å². The number of hydrogen-bond acceptors (Lipinski definition) is 5. The highest BCUT2D eigenvalue weighted by molar-refractivity contribution is 7.89. The van der Waals surface area contributed by atoms with Crippen LogP contribution in [-0.4, -0.2) is 67.8 Å². The Morgan fingerprint density at radius 3 is 2.23 bits per heavy atom. The summed E-state index contributed by atoms with van der Waals surface area (Å²) in [5.74, 6) is 0.721. The van der Waals surface area contributed by atoms with Crippen molar-refractivity contribution in [3.8, 4) is 5.75 Å². The van der Waals surface area contributed by atoms with Gasteiger partial charge in [0.1, 0.15) is 5.75 Å². The van der Waals surface area contributed by atoms with Crippen molar-refractivity contribution in [1.82, 2.24) is 13.8 Å². The average Bonchev–Trinajstić information content (AvgIpc) is 3.02. The predicted molar refractivity (Wildman–Crippen MR) is 122 cm³/mol. The van der Waals surface area contributed by atoms with E-state index < -0.39 is 10.0 Å². The van der Waals surface area contributed by atoms with Crippen LogP contribution in [0.15, 0.2) is 29.2 Å². The van der Waals surface area contributed by atoms with Gasteiger partial charge in [-0.15, -0.1) is 0 Å². The van der Waals surface area contributed by atoms with E-state index in [9.17, 15) is 13.2 Å². The molecule has 0 unspecified atom stereocenters. The topological polar surface area (TPSA) is 71.9 Å². The fraction of sp³-hybridized carbons (Fsp3) is 0.522. The van der Waals surface area contributed by atoms with E-state index in [1.165, 1.54) is 4.31 Å². The molecule has 0 amide bonds. The number of aryl methyl sites for hydroxylation is 2. The minimum atomic E-state index is -3.58. The van der Waals surface area contributed by atoms with Crippen molar-refractivity contribution < 1.29 is 17.9 Å². The molecule has 1 aromatic heterocycles. The van der Waals surface area contributed by atoms with Gasteiger partial charge in [0.2, 0.25) is 10.0 Å². The van der Waals surface area contributed by atoms with Crippen LogP contribution in [-0.2, 0) is 10.0 Å². The number of carbonyl (C=O) groups is 1. The summed E-state index contributed by atoms with van der Waals surface area (Å²) in [7, 11) is -2.02. The minimum Gasteiger partial charge on any atom is -0.497 e. The van der Waals surface area contributed by atoms with Crippen LogP contribution in [0.2, 0.25) is 0 Å². The fourth-order valence-electron chi connectivity index (χ4n) is 4.45. The van der Waals surface area contributed by atoms with Crippen molar-refractivity contribution in [3.05, 3.63) is 46.8 Å². The molecule has 8 heteroatoms. The molecule has 1 aromatic carbocycles. The van der Waals surface area contributed by atoms with E-state index in [0.29, 0.717) is 55.0 Å². The molecule has 0 radical (unpaired) electrons. The lowest BCUT2D eigenvalue weighted by atomic mass is 10.1. The second kappa shape index (κ2) is 9.14. The highest BCUT2D eigenvalue weighted by Crippen LogP contribution is 2.25. The fourth-order valence-corrected chi connectivity index (χ4v) is 6.08. The van der Waals surface area contributed by atoms with Crippen LogP contribution in [0.4, 0.5) is 0 Å². The molecule has 3 rings (SSSR count). The summed E-state index contributed by atoms with van der Waals surface area (Å²) < 4.78 is 35.1. The molecule has 1 aliphatic heterocycles. The van der Waals surface area contributed by atoms with Crippen molar-refractivity contribution >= 4 is 15.8 Å². The number of ketones is 1. The van der Waals surface area contributed by atoms with Crippen LogP contribution in [0.1, 0.15) is 47.2 Å². The highest BCUT2D eigenvalue weighted by Gasteiger charge is 2.30. The number of benzene rings is 1. The lowest BCUT2D eigenvalue weighted by Crippen LogP contribution is -2.49. The standard InChI is InChI=1S/C23H33N3O4S/c1-16(2)26-18(4)14-21(19(26)5)22(27)15-24-9-11-25(12-10-24)31(28,29)23-8-7-20(30-6)13-17(23)3/h7-8,13-14,16H,9-12,15H2,1-6H3.